The molecule has 11 heteroatoms. The van der Waals surface area contributed by atoms with Gasteiger partial charge >= 0.3 is 11.4 Å². The van der Waals surface area contributed by atoms with Gasteiger partial charge in [0, 0.05) is 30.8 Å². The molecule has 0 saturated heterocycles. The fraction of sp³-hybridized carbons (Fsp3) is 0.250. The van der Waals surface area contributed by atoms with E-state index < -0.39 is 33.0 Å². The van der Waals surface area contributed by atoms with Gasteiger partial charge in [-0.1, -0.05) is 0 Å². The van der Waals surface area contributed by atoms with Crippen molar-refractivity contribution in [3.8, 4) is 5.75 Å². The zero-order chi connectivity index (χ0) is 20.6. The summed E-state index contributed by atoms with van der Waals surface area (Å²) < 4.78 is 42.6. The summed E-state index contributed by atoms with van der Waals surface area (Å²) in [4.78, 5) is 21.0. The van der Waals surface area contributed by atoms with Crippen LogP contribution in [0.2, 0.25) is 0 Å². The van der Waals surface area contributed by atoms with Gasteiger partial charge in [0.05, 0.1) is 9.85 Å². The number of hydrogen-bond acceptors (Lipinski definition) is 6. The molecule has 0 fully saturated rings. The maximum atomic E-state index is 12.9. The van der Waals surface area contributed by atoms with E-state index in [9.17, 15) is 33.4 Å². The normalized spacial score (nSPS) is 10.1. The van der Waals surface area contributed by atoms with Gasteiger partial charge in [-0.3, -0.25) is 20.2 Å². The van der Waals surface area contributed by atoms with Crippen LogP contribution < -0.4 is 4.74 Å². The highest BCUT2D eigenvalue weighted by Gasteiger charge is 2.15. The van der Waals surface area contributed by atoms with Crippen molar-refractivity contribution >= 4 is 11.4 Å². The van der Waals surface area contributed by atoms with Crippen LogP contribution in [0.3, 0.4) is 0 Å². The van der Waals surface area contributed by atoms with E-state index in [0.717, 1.165) is 30.3 Å². The molecule has 146 valence electrons. The first-order valence-corrected chi connectivity index (χ1v) is 7.42. The number of nitro benzene ring substituents is 2. The van der Waals surface area contributed by atoms with E-state index in [1.807, 2.05) is 19.0 Å². The van der Waals surface area contributed by atoms with Crippen LogP contribution in [0, 0.1) is 37.7 Å². The number of benzene rings is 2. The molecule has 0 unspecified atom stereocenters. The van der Waals surface area contributed by atoms with E-state index in [2.05, 4.69) is 0 Å². The van der Waals surface area contributed by atoms with Gasteiger partial charge in [-0.05, 0) is 26.2 Å². The highest BCUT2D eigenvalue weighted by Crippen LogP contribution is 2.27. The average molecular weight is 387 g/mol. The molecule has 27 heavy (non-hydrogen) atoms. The molecule has 0 aliphatic heterocycles. The van der Waals surface area contributed by atoms with E-state index in [-0.39, 0.29) is 18.0 Å². The van der Waals surface area contributed by atoms with E-state index in [0.29, 0.717) is 12.6 Å². The number of likely N-dealkylation sites (N-methyl/N-ethyl adjacent to an activating group) is 1. The summed E-state index contributed by atoms with van der Waals surface area (Å²) in [5.41, 5.74) is -0.938. The van der Waals surface area contributed by atoms with Crippen molar-refractivity contribution in [3.63, 3.8) is 0 Å². The van der Waals surface area contributed by atoms with E-state index in [1.165, 1.54) is 0 Å². The summed E-state index contributed by atoms with van der Waals surface area (Å²) >= 11 is 0. The van der Waals surface area contributed by atoms with Crippen molar-refractivity contribution in [1.82, 2.24) is 4.90 Å². The Kier molecular flexibility index (Phi) is 8.14. The molecule has 0 atom stereocenters. The maximum Gasteiger partial charge on any atom is 0.311 e. The van der Waals surface area contributed by atoms with Crippen molar-refractivity contribution in [2.45, 2.75) is 0 Å². The quantitative estimate of drug-likeness (QED) is 0.555. The second kappa shape index (κ2) is 10.1. The molecule has 0 heterocycles. The second-order valence-electron chi connectivity index (χ2n) is 5.37. The summed E-state index contributed by atoms with van der Waals surface area (Å²) in [6.07, 6.45) is 0. The van der Waals surface area contributed by atoms with Crippen LogP contribution in [0.15, 0.2) is 36.4 Å². The van der Waals surface area contributed by atoms with Crippen molar-refractivity contribution in [2.75, 3.05) is 27.2 Å². The van der Waals surface area contributed by atoms with Crippen LogP contribution in [0.4, 0.5) is 24.5 Å². The lowest BCUT2D eigenvalue weighted by atomic mass is 10.3. The van der Waals surface area contributed by atoms with Crippen LogP contribution in [0.25, 0.3) is 0 Å². The molecular formula is C16H16F3N3O5. The van der Waals surface area contributed by atoms with E-state index >= 15 is 0 Å². The Labute approximate surface area is 152 Å². The molecule has 0 aromatic heterocycles. The lowest BCUT2D eigenvalue weighted by Gasteiger charge is -2.10. The number of rotatable bonds is 6. The Morgan fingerprint density at radius 2 is 1.44 bits per heavy atom. The minimum atomic E-state index is -1.16. The van der Waals surface area contributed by atoms with Crippen molar-refractivity contribution in [3.05, 3.63) is 74.1 Å². The Hall–Kier alpha value is -3.21. The summed E-state index contributed by atoms with van der Waals surface area (Å²) in [6.45, 7) is 0.880. The van der Waals surface area contributed by atoms with Crippen molar-refractivity contribution in [1.29, 1.82) is 0 Å². The Balaban J connectivity index is 0.000000289. The minimum Gasteiger partial charge on any atom is -0.485 e. The van der Waals surface area contributed by atoms with Crippen LogP contribution in [-0.2, 0) is 0 Å². The van der Waals surface area contributed by atoms with Crippen LogP contribution in [-0.4, -0.2) is 42.0 Å². The molecule has 0 amide bonds. The van der Waals surface area contributed by atoms with Crippen LogP contribution >= 0.6 is 0 Å². The maximum absolute atomic E-state index is 12.9. The Morgan fingerprint density at radius 3 is 1.93 bits per heavy atom. The van der Waals surface area contributed by atoms with Gasteiger partial charge in [0.2, 0.25) is 5.82 Å². The SMILES string of the molecule is CN(C)CCOc1cc(F)ccc1[N+](=O)[O-].O=[N+]([O-])c1ccc(F)cc1F. The number of hydrogen-bond donors (Lipinski definition) is 0. The van der Waals surface area contributed by atoms with Crippen LogP contribution in [0.5, 0.6) is 5.75 Å². The largest absolute Gasteiger partial charge is 0.485 e. The summed E-state index contributed by atoms with van der Waals surface area (Å²) in [6, 6.07) is 5.25. The highest BCUT2D eigenvalue weighted by atomic mass is 19.1. The molecule has 0 spiro atoms. The van der Waals surface area contributed by atoms with Crippen molar-refractivity contribution < 1.29 is 27.8 Å². The third-order valence-corrected chi connectivity index (χ3v) is 3.02. The molecule has 0 saturated carbocycles. The lowest BCUT2D eigenvalue weighted by molar-refractivity contribution is -0.387. The first-order valence-electron chi connectivity index (χ1n) is 7.42. The van der Waals surface area contributed by atoms with E-state index in [4.69, 9.17) is 4.74 Å². The first kappa shape index (κ1) is 21.8. The molecule has 0 aliphatic carbocycles. The minimum absolute atomic E-state index is 0.0353. The zero-order valence-corrected chi connectivity index (χ0v) is 14.4. The predicted octanol–water partition coefficient (Wildman–Crippen LogP) is 3.55. The summed E-state index contributed by atoms with van der Waals surface area (Å²) in [5.74, 6) is -2.57. The predicted molar refractivity (Wildman–Crippen MR) is 90.1 cm³/mol. The van der Waals surface area contributed by atoms with E-state index in [1.54, 1.807) is 0 Å². The molecule has 0 bridgehead atoms. The monoisotopic (exact) mass is 387 g/mol. The Morgan fingerprint density at radius 1 is 0.926 bits per heavy atom. The summed E-state index contributed by atoms with van der Waals surface area (Å²) in [5, 5.41) is 20.6. The molecule has 0 N–H and O–H groups in total. The standard InChI is InChI=1S/C10H13FN2O3.C6H3F2NO2/c1-12(2)5-6-16-10-7-8(11)3-4-9(10)13(14)15;7-4-1-2-6(9(10)11)5(8)3-4/h3-4,7H,5-6H2,1-2H3;1-3H. The zero-order valence-electron chi connectivity index (χ0n) is 14.4. The highest BCUT2D eigenvalue weighted by molar-refractivity contribution is 5.46. The number of nitro groups is 2. The van der Waals surface area contributed by atoms with Gasteiger partial charge in [0.1, 0.15) is 18.2 Å². The third-order valence-electron chi connectivity index (χ3n) is 3.02. The smallest absolute Gasteiger partial charge is 0.311 e. The summed E-state index contributed by atoms with van der Waals surface area (Å²) in [7, 11) is 3.70. The number of halogens is 3. The number of nitrogens with zero attached hydrogens (tertiary/aromatic N) is 3. The molecule has 2 aromatic carbocycles. The molecule has 2 aromatic rings. The van der Waals surface area contributed by atoms with Gasteiger partial charge in [0.25, 0.3) is 0 Å². The van der Waals surface area contributed by atoms with Gasteiger partial charge in [-0.25, -0.2) is 8.78 Å². The molecular weight excluding hydrogens is 371 g/mol. The molecule has 0 aliphatic rings. The number of ether oxygens (including phenoxy) is 1. The molecule has 2 rings (SSSR count). The Bertz CT molecular complexity index is 818. The van der Waals surface area contributed by atoms with Gasteiger partial charge in [0.15, 0.2) is 5.75 Å². The van der Waals surface area contributed by atoms with Crippen molar-refractivity contribution in [2.24, 2.45) is 0 Å². The van der Waals surface area contributed by atoms with Gasteiger partial charge < -0.3 is 9.64 Å². The fourth-order valence-electron chi connectivity index (χ4n) is 1.72. The fourth-order valence-corrected chi connectivity index (χ4v) is 1.72. The third kappa shape index (κ3) is 7.28. The first-order chi connectivity index (χ1) is 12.6. The average Bonchev–Trinajstić information content (AvgIpc) is 2.54. The van der Waals surface area contributed by atoms with Gasteiger partial charge in [-0.2, -0.15) is 4.39 Å². The van der Waals surface area contributed by atoms with Crippen LogP contribution in [0.1, 0.15) is 0 Å². The topological polar surface area (TPSA) is 98.8 Å². The van der Waals surface area contributed by atoms with Gasteiger partial charge in [-0.15, -0.1) is 0 Å². The lowest BCUT2D eigenvalue weighted by Crippen LogP contribution is -2.19. The molecule has 8 nitrogen and oxygen atoms in total. The second-order valence-corrected chi connectivity index (χ2v) is 5.37. The molecule has 0 radical (unpaired) electrons.